The summed E-state index contributed by atoms with van der Waals surface area (Å²) in [6, 6.07) is 27.3. The third-order valence-electron chi connectivity index (χ3n) is 5.57. The van der Waals surface area contributed by atoms with Gasteiger partial charge in [0.1, 0.15) is 0 Å². The molecule has 3 aromatic carbocycles. The van der Waals surface area contributed by atoms with Gasteiger partial charge in [-0.1, -0.05) is 85.0 Å². The first-order chi connectivity index (χ1) is 16.0. The maximum atomic E-state index is 14.7. The van der Waals surface area contributed by atoms with Gasteiger partial charge in [-0.2, -0.15) is 0 Å². The zero-order valence-corrected chi connectivity index (χ0v) is 20.8. The number of aryl methyl sites for hydroxylation is 1. The molecule has 0 bridgehead atoms. The standard InChI is InChI=1S/C28H31N2OPS/c1-4-20-30(21-5-2)28(33)22-27(26-19-13-12-14-23(26)3)29-32(31,24-15-8-6-9-16-24)25-17-10-7-11-18-25/h4-19,27H,1-2,20-22H2,3H3,(H,29,31)/t27-/m1/s1. The minimum atomic E-state index is -3.15. The van der Waals surface area contributed by atoms with Crippen molar-refractivity contribution < 1.29 is 4.57 Å². The van der Waals surface area contributed by atoms with Crippen LogP contribution in [0.15, 0.2) is 110 Å². The number of hydrogen-bond acceptors (Lipinski definition) is 2. The van der Waals surface area contributed by atoms with E-state index in [1.807, 2.05) is 84.9 Å². The molecular weight excluding hydrogens is 443 g/mol. The van der Waals surface area contributed by atoms with Gasteiger partial charge in [0.2, 0.25) is 7.29 Å². The first kappa shape index (κ1) is 24.9. The maximum Gasteiger partial charge on any atom is 0.205 e. The number of nitrogens with one attached hydrogen (secondary N) is 1. The number of benzene rings is 3. The molecule has 0 saturated heterocycles. The Labute approximate surface area is 203 Å². The van der Waals surface area contributed by atoms with Gasteiger partial charge < -0.3 is 4.90 Å². The van der Waals surface area contributed by atoms with Crippen LogP contribution in [0.25, 0.3) is 0 Å². The van der Waals surface area contributed by atoms with Crippen LogP contribution in [0, 0.1) is 6.92 Å². The summed E-state index contributed by atoms with van der Waals surface area (Å²) in [5.41, 5.74) is 2.22. The zero-order chi connectivity index (χ0) is 23.7. The largest absolute Gasteiger partial charge is 0.359 e. The van der Waals surface area contributed by atoms with Crippen molar-refractivity contribution >= 4 is 35.1 Å². The fraction of sp³-hybridized carbons (Fsp3) is 0.179. The molecule has 0 unspecified atom stereocenters. The van der Waals surface area contributed by atoms with E-state index >= 15 is 0 Å². The number of rotatable bonds is 11. The summed E-state index contributed by atoms with van der Waals surface area (Å²) in [5.74, 6) is 0. The van der Waals surface area contributed by atoms with Gasteiger partial charge in [0.05, 0.1) is 4.99 Å². The van der Waals surface area contributed by atoms with Gasteiger partial charge in [-0.3, -0.25) is 9.65 Å². The van der Waals surface area contributed by atoms with Crippen molar-refractivity contribution in [2.45, 2.75) is 19.4 Å². The average molecular weight is 475 g/mol. The van der Waals surface area contributed by atoms with Crippen LogP contribution in [0.1, 0.15) is 23.6 Å². The van der Waals surface area contributed by atoms with Crippen LogP contribution in [-0.4, -0.2) is 23.0 Å². The molecule has 0 spiro atoms. The molecule has 170 valence electrons. The molecule has 0 saturated carbocycles. The van der Waals surface area contributed by atoms with Crippen molar-refractivity contribution in [1.82, 2.24) is 9.99 Å². The van der Waals surface area contributed by atoms with E-state index in [0.29, 0.717) is 19.5 Å². The summed E-state index contributed by atoms with van der Waals surface area (Å²) >= 11 is 5.85. The smallest absolute Gasteiger partial charge is 0.205 e. The van der Waals surface area contributed by atoms with E-state index < -0.39 is 7.29 Å². The van der Waals surface area contributed by atoms with Gasteiger partial charge in [0.25, 0.3) is 0 Å². The molecular formula is C28H31N2OPS. The van der Waals surface area contributed by atoms with E-state index in [4.69, 9.17) is 12.2 Å². The predicted molar refractivity (Wildman–Crippen MR) is 146 cm³/mol. The number of nitrogens with zero attached hydrogens (tertiary/aromatic N) is 1. The lowest BCUT2D eigenvalue weighted by Crippen LogP contribution is -2.36. The van der Waals surface area contributed by atoms with E-state index in [9.17, 15) is 4.57 Å². The van der Waals surface area contributed by atoms with Crippen LogP contribution in [0.3, 0.4) is 0 Å². The fourth-order valence-electron chi connectivity index (χ4n) is 3.89. The Morgan fingerprint density at radius 1 is 0.909 bits per heavy atom. The second kappa shape index (κ2) is 11.9. The monoisotopic (exact) mass is 474 g/mol. The molecule has 1 atom stereocenters. The van der Waals surface area contributed by atoms with Crippen molar-refractivity contribution in [3.05, 3.63) is 121 Å². The van der Waals surface area contributed by atoms with Crippen molar-refractivity contribution in [1.29, 1.82) is 0 Å². The van der Waals surface area contributed by atoms with E-state index in [0.717, 1.165) is 26.7 Å². The third-order valence-corrected chi connectivity index (χ3v) is 8.72. The summed E-state index contributed by atoms with van der Waals surface area (Å²) in [7, 11) is -3.15. The highest BCUT2D eigenvalue weighted by Crippen LogP contribution is 2.43. The first-order valence-electron chi connectivity index (χ1n) is 11.0. The van der Waals surface area contributed by atoms with E-state index in [-0.39, 0.29) is 6.04 Å². The first-order valence-corrected chi connectivity index (χ1v) is 13.1. The predicted octanol–water partition coefficient (Wildman–Crippen LogP) is 5.95. The SMILES string of the molecule is C=CCN(CC=C)C(=S)C[C@@H](NP(=O)(c1ccccc1)c1ccccc1)c1ccccc1C. The lowest BCUT2D eigenvalue weighted by Gasteiger charge is -2.31. The Morgan fingerprint density at radius 2 is 1.39 bits per heavy atom. The van der Waals surface area contributed by atoms with E-state index in [1.54, 1.807) is 0 Å². The molecule has 0 heterocycles. The molecule has 3 rings (SSSR count). The second-order valence-corrected chi connectivity index (χ2v) is 10.9. The Balaban J connectivity index is 2.06. The van der Waals surface area contributed by atoms with Crippen LogP contribution in [-0.2, 0) is 4.57 Å². The van der Waals surface area contributed by atoms with Crippen LogP contribution < -0.4 is 15.7 Å². The van der Waals surface area contributed by atoms with E-state index in [2.05, 4.69) is 42.2 Å². The molecule has 3 nitrogen and oxygen atoms in total. The molecule has 0 radical (unpaired) electrons. The summed E-state index contributed by atoms with van der Waals surface area (Å²) in [6.07, 6.45) is 4.21. The quantitative estimate of drug-likeness (QED) is 0.212. The zero-order valence-electron chi connectivity index (χ0n) is 19.1. The molecule has 0 fully saturated rings. The molecule has 5 heteroatoms. The van der Waals surface area contributed by atoms with Crippen molar-refractivity contribution in [2.75, 3.05) is 13.1 Å². The molecule has 0 aliphatic heterocycles. The lowest BCUT2D eigenvalue weighted by molar-refractivity contribution is 0.496. The molecule has 3 aromatic rings. The second-order valence-electron chi connectivity index (χ2n) is 7.90. The fourth-order valence-corrected chi connectivity index (χ4v) is 6.66. The van der Waals surface area contributed by atoms with Crippen molar-refractivity contribution in [2.24, 2.45) is 0 Å². The van der Waals surface area contributed by atoms with Gasteiger partial charge in [0.15, 0.2) is 0 Å². The minimum absolute atomic E-state index is 0.234. The topological polar surface area (TPSA) is 32.3 Å². The van der Waals surface area contributed by atoms with Gasteiger partial charge in [-0.05, 0) is 42.3 Å². The molecule has 1 N–H and O–H groups in total. The molecule has 0 aromatic heterocycles. The van der Waals surface area contributed by atoms with Gasteiger partial charge in [0, 0.05) is 36.2 Å². The number of hydrogen-bond donors (Lipinski definition) is 1. The Kier molecular flexibility index (Phi) is 8.96. The lowest BCUT2D eigenvalue weighted by atomic mass is 9.99. The Hall–Kier alpha value is -2.78. The van der Waals surface area contributed by atoms with Crippen molar-refractivity contribution in [3.8, 4) is 0 Å². The van der Waals surface area contributed by atoms with Crippen LogP contribution in [0.2, 0.25) is 0 Å². The van der Waals surface area contributed by atoms with Gasteiger partial charge in [-0.25, -0.2) is 0 Å². The highest BCUT2D eigenvalue weighted by atomic mass is 32.1. The Morgan fingerprint density at radius 3 is 1.88 bits per heavy atom. The third kappa shape index (κ3) is 6.17. The summed E-state index contributed by atoms with van der Waals surface area (Å²) in [6.45, 7) is 11.1. The molecule has 33 heavy (non-hydrogen) atoms. The normalized spacial score (nSPS) is 12.0. The van der Waals surface area contributed by atoms with Crippen LogP contribution in [0.4, 0.5) is 0 Å². The summed E-state index contributed by atoms with van der Waals surface area (Å²) in [4.78, 5) is 2.85. The summed E-state index contributed by atoms with van der Waals surface area (Å²) < 4.78 is 14.7. The van der Waals surface area contributed by atoms with Crippen LogP contribution >= 0.6 is 19.5 Å². The minimum Gasteiger partial charge on any atom is -0.359 e. The molecule has 0 amide bonds. The van der Waals surface area contributed by atoms with Gasteiger partial charge in [-0.15, -0.1) is 13.2 Å². The van der Waals surface area contributed by atoms with Gasteiger partial charge >= 0.3 is 0 Å². The Bertz CT molecular complexity index is 1080. The molecule has 0 aliphatic carbocycles. The van der Waals surface area contributed by atoms with E-state index in [1.165, 1.54) is 0 Å². The average Bonchev–Trinajstić information content (AvgIpc) is 2.85. The highest BCUT2D eigenvalue weighted by Gasteiger charge is 2.32. The molecule has 0 aliphatic rings. The van der Waals surface area contributed by atoms with Crippen molar-refractivity contribution in [3.63, 3.8) is 0 Å². The number of thiocarbonyl (C=S) groups is 1. The maximum absolute atomic E-state index is 14.7. The van der Waals surface area contributed by atoms with Crippen LogP contribution in [0.5, 0.6) is 0 Å². The highest BCUT2D eigenvalue weighted by molar-refractivity contribution is 7.80. The summed E-state index contributed by atoms with van der Waals surface area (Å²) in [5, 5.41) is 5.13.